The smallest absolute Gasteiger partial charge is 0.303 e. The molecular formula is C14H24N2O4. The summed E-state index contributed by atoms with van der Waals surface area (Å²) >= 11 is 0. The highest BCUT2D eigenvalue weighted by Gasteiger charge is 2.28. The van der Waals surface area contributed by atoms with Gasteiger partial charge in [0.05, 0.1) is 5.92 Å². The Hall–Kier alpha value is -1.59. The molecule has 1 saturated heterocycles. The lowest BCUT2D eigenvalue weighted by atomic mass is 9.96. The molecule has 0 aromatic carbocycles. The van der Waals surface area contributed by atoms with Crippen LogP contribution in [0.2, 0.25) is 0 Å². The molecule has 114 valence electrons. The van der Waals surface area contributed by atoms with E-state index in [1.54, 1.807) is 4.90 Å². The minimum atomic E-state index is -0.856. The second kappa shape index (κ2) is 7.87. The predicted octanol–water partition coefficient (Wildman–Crippen LogP) is 0.862. The lowest BCUT2D eigenvalue weighted by Crippen LogP contribution is -2.46. The quantitative estimate of drug-likeness (QED) is 0.708. The van der Waals surface area contributed by atoms with Crippen molar-refractivity contribution in [2.45, 2.75) is 39.5 Å². The van der Waals surface area contributed by atoms with Crippen LogP contribution >= 0.6 is 0 Å². The molecule has 0 spiro atoms. The summed E-state index contributed by atoms with van der Waals surface area (Å²) < 4.78 is 0. The lowest BCUT2D eigenvalue weighted by molar-refractivity contribution is -0.139. The molecule has 0 radical (unpaired) electrons. The van der Waals surface area contributed by atoms with E-state index >= 15 is 0 Å². The first-order chi connectivity index (χ1) is 9.41. The number of carbonyl (C=O) groups excluding carboxylic acids is 2. The fourth-order valence-electron chi connectivity index (χ4n) is 2.35. The van der Waals surface area contributed by atoms with Gasteiger partial charge in [0.1, 0.15) is 0 Å². The van der Waals surface area contributed by atoms with Gasteiger partial charge in [-0.25, -0.2) is 0 Å². The van der Waals surface area contributed by atoms with Gasteiger partial charge in [-0.2, -0.15) is 0 Å². The number of aliphatic carboxylic acids is 1. The summed E-state index contributed by atoms with van der Waals surface area (Å²) in [5, 5.41) is 11.3. The summed E-state index contributed by atoms with van der Waals surface area (Å²) in [5.41, 5.74) is 0. The van der Waals surface area contributed by atoms with E-state index in [1.807, 2.05) is 13.8 Å². The summed E-state index contributed by atoms with van der Waals surface area (Å²) in [7, 11) is 0. The van der Waals surface area contributed by atoms with E-state index in [0.29, 0.717) is 19.5 Å². The Morgan fingerprint density at radius 2 is 2.05 bits per heavy atom. The van der Waals surface area contributed by atoms with E-state index in [4.69, 9.17) is 5.11 Å². The molecule has 0 bridgehead atoms. The molecule has 2 amide bonds. The molecule has 20 heavy (non-hydrogen) atoms. The van der Waals surface area contributed by atoms with Crippen molar-refractivity contribution in [2.75, 3.05) is 19.6 Å². The third kappa shape index (κ3) is 5.19. The van der Waals surface area contributed by atoms with Gasteiger partial charge in [-0.1, -0.05) is 13.8 Å². The second-order valence-electron chi connectivity index (χ2n) is 5.57. The molecule has 1 aliphatic heterocycles. The second-order valence-corrected chi connectivity index (χ2v) is 5.57. The molecule has 0 saturated carbocycles. The van der Waals surface area contributed by atoms with Gasteiger partial charge in [-0.15, -0.1) is 0 Å². The van der Waals surface area contributed by atoms with Crippen LogP contribution in [0.15, 0.2) is 0 Å². The third-order valence-corrected chi connectivity index (χ3v) is 3.46. The molecule has 6 nitrogen and oxygen atoms in total. The van der Waals surface area contributed by atoms with Crippen molar-refractivity contribution in [3.63, 3.8) is 0 Å². The predicted molar refractivity (Wildman–Crippen MR) is 74.0 cm³/mol. The number of amides is 2. The van der Waals surface area contributed by atoms with Gasteiger partial charge >= 0.3 is 5.97 Å². The van der Waals surface area contributed by atoms with Crippen LogP contribution in [0.25, 0.3) is 0 Å². The Morgan fingerprint density at radius 1 is 1.35 bits per heavy atom. The Morgan fingerprint density at radius 3 is 2.65 bits per heavy atom. The number of carboxylic acid groups (broad SMARTS) is 1. The van der Waals surface area contributed by atoms with Crippen LogP contribution in [0.4, 0.5) is 0 Å². The van der Waals surface area contributed by atoms with Gasteiger partial charge in [0, 0.05) is 32.0 Å². The Balaban J connectivity index is 2.36. The van der Waals surface area contributed by atoms with Crippen molar-refractivity contribution in [3.8, 4) is 0 Å². The van der Waals surface area contributed by atoms with Crippen molar-refractivity contribution in [2.24, 2.45) is 11.8 Å². The van der Waals surface area contributed by atoms with Gasteiger partial charge in [-0.3, -0.25) is 14.4 Å². The Kier molecular flexibility index (Phi) is 6.48. The molecule has 1 unspecified atom stereocenters. The molecular weight excluding hydrogens is 260 g/mol. The van der Waals surface area contributed by atoms with Crippen LogP contribution in [-0.4, -0.2) is 47.4 Å². The normalized spacial score (nSPS) is 18.9. The number of rotatable bonds is 6. The van der Waals surface area contributed by atoms with Gasteiger partial charge in [0.15, 0.2) is 0 Å². The monoisotopic (exact) mass is 284 g/mol. The summed E-state index contributed by atoms with van der Waals surface area (Å²) in [5.74, 6) is -1.06. The average Bonchev–Trinajstić information content (AvgIpc) is 2.42. The average molecular weight is 284 g/mol. The highest BCUT2D eigenvalue weighted by Crippen LogP contribution is 2.18. The lowest BCUT2D eigenvalue weighted by Gasteiger charge is -2.33. The van der Waals surface area contributed by atoms with Crippen LogP contribution in [0.5, 0.6) is 0 Å². The molecule has 1 fully saturated rings. The van der Waals surface area contributed by atoms with Crippen LogP contribution in [0, 0.1) is 11.8 Å². The van der Waals surface area contributed by atoms with E-state index in [1.165, 1.54) is 0 Å². The van der Waals surface area contributed by atoms with Crippen molar-refractivity contribution >= 4 is 17.8 Å². The molecule has 6 heteroatoms. The highest BCUT2D eigenvalue weighted by atomic mass is 16.4. The van der Waals surface area contributed by atoms with E-state index in [-0.39, 0.29) is 30.1 Å². The van der Waals surface area contributed by atoms with E-state index in [0.717, 1.165) is 19.4 Å². The Bertz CT molecular complexity index is 368. The Labute approximate surface area is 119 Å². The first-order valence-corrected chi connectivity index (χ1v) is 7.20. The van der Waals surface area contributed by atoms with Crippen molar-refractivity contribution in [1.29, 1.82) is 0 Å². The fourth-order valence-corrected chi connectivity index (χ4v) is 2.35. The van der Waals surface area contributed by atoms with E-state index < -0.39 is 5.97 Å². The van der Waals surface area contributed by atoms with Crippen LogP contribution in [0.1, 0.15) is 39.5 Å². The van der Waals surface area contributed by atoms with Crippen molar-refractivity contribution in [1.82, 2.24) is 10.2 Å². The summed E-state index contributed by atoms with van der Waals surface area (Å²) in [6.45, 7) is 5.29. The number of carboxylic acids is 1. The summed E-state index contributed by atoms with van der Waals surface area (Å²) in [6.07, 6.45) is 2.11. The van der Waals surface area contributed by atoms with Crippen LogP contribution < -0.4 is 5.32 Å². The number of nitrogens with zero attached hydrogens (tertiary/aromatic N) is 1. The number of likely N-dealkylation sites (tertiary alicyclic amines) is 1. The zero-order chi connectivity index (χ0) is 15.1. The van der Waals surface area contributed by atoms with Crippen molar-refractivity contribution in [3.05, 3.63) is 0 Å². The molecule has 0 aromatic heterocycles. The number of piperidine rings is 1. The topological polar surface area (TPSA) is 86.7 Å². The van der Waals surface area contributed by atoms with Gasteiger partial charge in [-0.05, 0) is 19.3 Å². The SMILES string of the molecule is CC(C)C(=O)N1CCCC(C(=O)NCCCC(=O)O)C1. The van der Waals surface area contributed by atoms with Gasteiger partial charge < -0.3 is 15.3 Å². The maximum Gasteiger partial charge on any atom is 0.303 e. The highest BCUT2D eigenvalue weighted by molar-refractivity contribution is 5.82. The van der Waals surface area contributed by atoms with E-state index in [9.17, 15) is 14.4 Å². The van der Waals surface area contributed by atoms with Crippen molar-refractivity contribution < 1.29 is 19.5 Å². The fraction of sp³-hybridized carbons (Fsp3) is 0.786. The third-order valence-electron chi connectivity index (χ3n) is 3.46. The van der Waals surface area contributed by atoms with Crippen LogP contribution in [-0.2, 0) is 14.4 Å². The first kappa shape index (κ1) is 16.5. The molecule has 0 aliphatic carbocycles. The summed E-state index contributed by atoms with van der Waals surface area (Å²) in [6, 6.07) is 0. The zero-order valence-corrected chi connectivity index (χ0v) is 12.2. The molecule has 1 heterocycles. The van der Waals surface area contributed by atoms with Gasteiger partial charge in [0.25, 0.3) is 0 Å². The zero-order valence-electron chi connectivity index (χ0n) is 12.2. The molecule has 2 N–H and O–H groups in total. The van der Waals surface area contributed by atoms with Crippen LogP contribution in [0.3, 0.4) is 0 Å². The molecule has 1 rings (SSSR count). The maximum absolute atomic E-state index is 12.0. The summed E-state index contributed by atoms with van der Waals surface area (Å²) in [4.78, 5) is 36.0. The minimum absolute atomic E-state index is 0.0487. The molecule has 1 aliphatic rings. The minimum Gasteiger partial charge on any atom is -0.481 e. The largest absolute Gasteiger partial charge is 0.481 e. The molecule has 1 atom stereocenters. The maximum atomic E-state index is 12.0. The van der Waals surface area contributed by atoms with Gasteiger partial charge in [0.2, 0.25) is 11.8 Å². The molecule has 0 aromatic rings. The number of nitrogens with one attached hydrogen (secondary N) is 1. The standard InChI is InChI=1S/C14H24N2O4/c1-10(2)14(20)16-8-4-5-11(9-16)13(19)15-7-3-6-12(17)18/h10-11H,3-9H2,1-2H3,(H,15,19)(H,17,18). The first-order valence-electron chi connectivity index (χ1n) is 7.20. The van der Waals surface area contributed by atoms with E-state index in [2.05, 4.69) is 5.32 Å². The number of hydrogen-bond donors (Lipinski definition) is 2. The number of hydrogen-bond acceptors (Lipinski definition) is 3. The number of carbonyl (C=O) groups is 3.